The van der Waals surface area contributed by atoms with Crippen LogP contribution in [0, 0.1) is 5.92 Å². The number of imidazole rings is 1. The van der Waals surface area contributed by atoms with Gasteiger partial charge in [-0.05, 0) is 52.7 Å². The van der Waals surface area contributed by atoms with Crippen LogP contribution in [0.3, 0.4) is 0 Å². The molecule has 1 aromatic rings. The van der Waals surface area contributed by atoms with Crippen molar-refractivity contribution in [3.63, 3.8) is 0 Å². The van der Waals surface area contributed by atoms with Crippen molar-refractivity contribution in [2.24, 2.45) is 5.92 Å². The van der Waals surface area contributed by atoms with Crippen molar-refractivity contribution in [3.05, 3.63) is 18.2 Å². The van der Waals surface area contributed by atoms with Crippen molar-refractivity contribution >= 4 is 0 Å². The molecule has 4 nitrogen and oxygen atoms in total. The van der Waals surface area contributed by atoms with Gasteiger partial charge in [-0.2, -0.15) is 0 Å². The van der Waals surface area contributed by atoms with Gasteiger partial charge in [-0.3, -0.25) is 0 Å². The van der Waals surface area contributed by atoms with Gasteiger partial charge in [0.2, 0.25) is 0 Å². The van der Waals surface area contributed by atoms with Crippen LogP contribution < -0.4 is 5.32 Å². The fourth-order valence-electron chi connectivity index (χ4n) is 3.43. The number of nitrogens with one attached hydrogen (secondary N) is 1. The zero-order valence-electron chi connectivity index (χ0n) is 11.7. The molecule has 3 aliphatic heterocycles. The Hall–Kier alpha value is -0.870. The zero-order chi connectivity index (χ0) is 12.8. The Morgan fingerprint density at radius 1 is 1.33 bits per heavy atom. The molecule has 2 bridgehead atoms. The Morgan fingerprint density at radius 3 is 2.61 bits per heavy atom. The lowest BCUT2D eigenvalue weighted by atomic mass is 9.83. The van der Waals surface area contributed by atoms with Crippen LogP contribution in [0.15, 0.2) is 12.5 Å². The molecule has 0 amide bonds. The Kier molecular flexibility index (Phi) is 2.94. The zero-order valence-corrected chi connectivity index (χ0v) is 11.7. The van der Waals surface area contributed by atoms with Crippen molar-refractivity contribution in [2.75, 3.05) is 26.7 Å². The van der Waals surface area contributed by atoms with Gasteiger partial charge in [0, 0.05) is 6.54 Å². The highest BCUT2D eigenvalue weighted by Gasteiger charge is 2.37. The first-order valence-electron chi connectivity index (χ1n) is 7.05. The molecule has 4 heteroatoms. The van der Waals surface area contributed by atoms with E-state index < -0.39 is 0 Å². The van der Waals surface area contributed by atoms with Crippen LogP contribution in [-0.4, -0.2) is 41.1 Å². The molecule has 4 rings (SSSR count). The van der Waals surface area contributed by atoms with E-state index in [1.165, 1.54) is 38.2 Å². The molecule has 4 heterocycles. The minimum atomic E-state index is -0.0114. The summed E-state index contributed by atoms with van der Waals surface area (Å²) in [7, 11) is 2.02. The van der Waals surface area contributed by atoms with Gasteiger partial charge in [0.05, 0.1) is 29.8 Å². The minimum absolute atomic E-state index is 0.0114. The fourth-order valence-corrected chi connectivity index (χ4v) is 3.43. The molecule has 0 radical (unpaired) electrons. The number of piperidine rings is 3. The monoisotopic (exact) mass is 248 g/mol. The normalized spacial score (nSPS) is 31.8. The first kappa shape index (κ1) is 12.2. The van der Waals surface area contributed by atoms with Crippen molar-refractivity contribution in [1.29, 1.82) is 0 Å². The third kappa shape index (κ3) is 1.88. The Morgan fingerprint density at radius 2 is 2.06 bits per heavy atom. The van der Waals surface area contributed by atoms with Crippen molar-refractivity contribution in [2.45, 2.75) is 38.3 Å². The molecule has 1 atom stereocenters. The van der Waals surface area contributed by atoms with E-state index in [4.69, 9.17) is 0 Å². The summed E-state index contributed by atoms with van der Waals surface area (Å²) in [4.78, 5) is 7.00. The van der Waals surface area contributed by atoms with Crippen LogP contribution in [0.5, 0.6) is 0 Å². The average Bonchev–Trinajstić information content (AvgIpc) is 2.90. The van der Waals surface area contributed by atoms with Crippen LogP contribution in [0.4, 0.5) is 0 Å². The molecule has 1 aromatic heterocycles. The lowest BCUT2D eigenvalue weighted by Crippen LogP contribution is -2.49. The van der Waals surface area contributed by atoms with Gasteiger partial charge in [0.1, 0.15) is 0 Å². The van der Waals surface area contributed by atoms with E-state index in [-0.39, 0.29) is 5.54 Å². The number of rotatable bonds is 3. The summed E-state index contributed by atoms with van der Waals surface area (Å²) in [6.07, 6.45) is 6.75. The van der Waals surface area contributed by atoms with Crippen LogP contribution >= 0.6 is 0 Å². The molecule has 3 aliphatic rings. The van der Waals surface area contributed by atoms with Crippen LogP contribution in [0.2, 0.25) is 0 Å². The molecule has 0 aromatic carbocycles. The second kappa shape index (κ2) is 4.35. The lowest BCUT2D eigenvalue weighted by Gasteiger charge is -2.46. The topological polar surface area (TPSA) is 33.1 Å². The first-order valence-corrected chi connectivity index (χ1v) is 7.05. The predicted molar refractivity (Wildman–Crippen MR) is 72.5 cm³/mol. The van der Waals surface area contributed by atoms with E-state index in [1.54, 1.807) is 0 Å². The summed E-state index contributed by atoms with van der Waals surface area (Å²) in [5.74, 6) is 0.843. The maximum atomic E-state index is 4.40. The summed E-state index contributed by atoms with van der Waals surface area (Å²) in [5, 5.41) is 3.39. The van der Waals surface area contributed by atoms with E-state index in [0.29, 0.717) is 6.04 Å². The lowest BCUT2D eigenvalue weighted by molar-refractivity contribution is 0.0541. The number of hydrogen-bond acceptors (Lipinski definition) is 3. The van der Waals surface area contributed by atoms with Crippen LogP contribution in [0.25, 0.3) is 0 Å². The predicted octanol–water partition coefficient (Wildman–Crippen LogP) is 1.60. The maximum Gasteiger partial charge on any atom is 0.0951 e. The molecule has 1 N–H and O–H groups in total. The van der Waals surface area contributed by atoms with Gasteiger partial charge in [0.25, 0.3) is 0 Å². The highest BCUT2D eigenvalue weighted by atomic mass is 15.2. The van der Waals surface area contributed by atoms with Gasteiger partial charge in [-0.1, -0.05) is 0 Å². The summed E-state index contributed by atoms with van der Waals surface area (Å²) >= 11 is 0. The summed E-state index contributed by atoms with van der Waals surface area (Å²) < 4.78 is 2.42. The standard InChI is InChI=1S/C14H24N4/c1-14(2,15-3)13-8-16-10-18(13)12-9-17-6-4-11(12)5-7-17/h8,10-12,15H,4-7,9H2,1-3H3. The van der Waals surface area contributed by atoms with E-state index in [2.05, 4.69) is 33.6 Å². The second-order valence-electron chi connectivity index (χ2n) is 6.27. The van der Waals surface area contributed by atoms with Gasteiger partial charge < -0.3 is 14.8 Å². The number of fused-ring (bicyclic) bond motifs is 3. The molecule has 1 unspecified atom stereocenters. The van der Waals surface area contributed by atoms with Crippen molar-refractivity contribution in [1.82, 2.24) is 19.8 Å². The van der Waals surface area contributed by atoms with E-state index in [9.17, 15) is 0 Å². The van der Waals surface area contributed by atoms with E-state index >= 15 is 0 Å². The Labute approximate surface area is 109 Å². The smallest absolute Gasteiger partial charge is 0.0951 e. The fraction of sp³-hybridized carbons (Fsp3) is 0.786. The molecule has 0 saturated carbocycles. The summed E-state index contributed by atoms with van der Waals surface area (Å²) in [5.41, 5.74) is 1.30. The van der Waals surface area contributed by atoms with E-state index in [0.717, 1.165) is 5.92 Å². The molecular weight excluding hydrogens is 224 g/mol. The number of hydrogen-bond donors (Lipinski definition) is 1. The summed E-state index contributed by atoms with van der Waals surface area (Å²) in [6, 6.07) is 0.623. The number of aromatic nitrogens is 2. The molecule has 0 spiro atoms. The largest absolute Gasteiger partial charge is 0.328 e. The molecular formula is C14H24N4. The average molecular weight is 248 g/mol. The van der Waals surface area contributed by atoms with Gasteiger partial charge in [-0.15, -0.1) is 0 Å². The number of nitrogens with zero attached hydrogens (tertiary/aromatic N) is 3. The second-order valence-corrected chi connectivity index (χ2v) is 6.27. The van der Waals surface area contributed by atoms with Gasteiger partial charge >= 0.3 is 0 Å². The Bertz CT molecular complexity index is 415. The highest BCUT2D eigenvalue weighted by molar-refractivity contribution is 5.13. The van der Waals surface area contributed by atoms with Gasteiger partial charge in [0.15, 0.2) is 0 Å². The molecule has 18 heavy (non-hydrogen) atoms. The molecule has 3 saturated heterocycles. The van der Waals surface area contributed by atoms with Crippen LogP contribution in [-0.2, 0) is 5.54 Å². The maximum absolute atomic E-state index is 4.40. The van der Waals surface area contributed by atoms with Gasteiger partial charge in [-0.25, -0.2) is 4.98 Å². The highest BCUT2D eigenvalue weighted by Crippen LogP contribution is 2.37. The van der Waals surface area contributed by atoms with Crippen LogP contribution in [0.1, 0.15) is 38.4 Å². The quantitative estimate of drug-likeness (QED) is 0.882. The summed E-state index contributed by atoms with van der Waals surface area (Å²) in [6.45, 7) is 8.23. The minimum Gasteiger partial charge on any atom is -0.328 e. The van der Waals surface area contributed by atoms with Crippen molar-refractivity contribution < 1.29 is 0 Å². The third-order valence-electron chi connectivity index (χ3n) is 4.91. The molecule has 3 fully saturated rings. The molecule has 0 aliphatic carbocycles. The first-order chi connectivity index (χ1) is 8.62. The Balaban J connectivity index is 1.91. The third-order valence-corrected chi connectivity index (χ3v) is 4.91. The van der Waals surface area contributed by atoms with Crippen molar-refractivity contribution in [3.8, 4) is 0 Å². The molecule has 100 valence electrons. The SMILES string of the molecule is CNC(C)(C)c1cncn1C1CN2CCC1CC2. The van der Waals surface area contributed by atoms with E-state index in [1.807, 2.05) is 19.6 Å².